The van der Waals surface area contributed by atoms with E-state index in [1.54, 1.807) is 0 Å². The molecule has 22 heavy (non-hydrogen) atoms. The maximum absolute atomic E-state index is 12.2. The summed E-state index contributed by atoms with van der Waals surface area (Å²) in [6, 6.07) is 20.7. The zero-order valence-corrected chi connectivity index (χ0v) is 11.8. The number of anilines is 1. The molecule has 1 aliphatic rings. The molecule has 2 aromatic carbocycles. The number of H-pyrrole nitrogens is 1. The van der Waals surface area contributed by atoms with Crippen LogP contribution in [0.15, 0.2) is 60.8 Å². The third-order valence-corrected chi connectivity index (χ3v) is 3.78. The Morgan fingerprint density at radius 1 is 1.00 bits per heavy atom. The maximum Gasteiger partial charge on any atom is 0.256 e. The van der Waals surface area contributed by atoms with Crippen molar-refractivity contribution in [1.82, 2.24) is 4.98 Å². The first kappa shape index (κ1) is 12.7. The van der Waals surface area contributed by atoms with Gasteiger partial charge in [-0.25, -0.2) is 0 Å². The highest BCUT2D eigenvalue weighted by Gasteiger charge is 2.24. The molecule has 0 atom stereocenters. The summed E-state index contributed by atoms with van der Waals surface area (Å²) in [6.45, 7) is 0. The van der Waals surface area contributed by atoms with Gasteiger partial charge in [0.1, 0.15) is 0 Å². The Hall–Kier alpha value is -3.07. The first-order valence-corrected chi connectivity index (χ1v) is 7.08. The van der Waals surface area contributed by atoms with Gasteiger partial charge in [0.2, 0.25) is 0 Å². The highest BCUT2D eigenvalue weighted by Crippen LogP contribution is 2.36. The van der Waals surface area contributed by atoms with Gasteiger partial charge in [0.05, 0.1) is 5.57 Å². The Balaban J connectivity index is 1.78. The quantitative estimate of drug-likeness (QED) is 0.687. The van der Waals surface area contributed by atoms with Gasteiger partial charge in [-0.15, -0.1) is 0 Å². The van der Waals surface area contributed by atoms with E-state index in [0.29, 0.717) is 5.57 Å². The minimum atomic E-state index is -0.0665. The Morgan fingerprint density at radius 3 is 2.64 bits per heavy atom. The van der Waals surface area contributed by atoms with Crippen LogP contribution in [0.1, 0.15) is 11.3 Å². The van der Waals surface area contributed by atoms with E-state index in [0.717, 1.165) is 28.1 Å². The van der Waals surface area contributed by atoms with E-state index in [-0.39, 0.29) is 5.91 Å². The average Bonchev–Trinajstić information content (AvgIpc) is 3.17. The van der Waals surface area contributed by atoms with Crippen LogP contribution in [-0.2, 0) is 4.79 Å². The van der Waals surface area contributed by atoms with Crippen molar-refractivity contribution < 1.29 is 4.79 Å². The number of hydrogen-bond donors (Lipinski definition) is 2. The highest BCUT2D eigenvalue weighted by molar-refractivity contribution is 6.35. The number of aromatic amines is 1. The first-order valence-electron chi connectivity index (χ1n) is 7.08. The molecule has 4 rings (SSSR count). The van der Waals surface area contributed by atoms with Crippen molar-refractivity contribution >= 4 is 23.2 Å². The number of fused-ring (bicyclic) bond motifs is 1. The number of hydrogen-bond acceptors (Lipinski definition) is 1. The number of rotatable bonds is 2. The zero-order chi connectivity index (χ0) is 14.9. The van der Waals surface area contributed by atoms with Crippen molar-refractivity contribution in [3.8, 4) is 11.1 Å². The molecule has 0 spiro atoms. The number of carbonyl (C=O) groups is 1. The van der Waals surface area contributed by atoms with Crippen molar-refractivity contribution in [2.24, 2.45) is 0 Å². The largest absolute Gasteiger partial charge is 0.362 e. The van der Waals surface area contributed by atoms with E-state index in [2.05, 4.69) is 16.4 Å². The van der Waals surface area contributed by atoms with Crippen LogP contribution in [0.3, 0.4) is 0 Å². The summed E-state index contributed by atoms with van der Waals surface area (Å²) in [5.74, 6) is -0.0665. The summed E-state index contributed by atoms with van der Waals surface area (Å²) in [7, 11) is 0. The summed E-state index contributed by atoms with van der Waals surface area (Å²) < 4.78 is 0. The predicted molar refractivity (Wildman–Crippen MR) is 88.0 cm³/mol. The molecule has 0 aliphatic carbocycles. The molecule has 1 aromatic heterocycles. The van der Waals surface area contributed by atoms with Crippen LogP contribution < -0.4 is 5.32 Å². The minimum absolute atomic E-state index is 0.0665. The lowest BCUT2D eigenvalue weighted by Gasteiger charge is -2.04. The van der Waals surface area contributed by atoms with Crippen LogP contribution in [-0.4, -0.2) is 10.9 Å². The van der Waals surface area contributed by atoms with E-state index in [1.807, 2.05) is 66.9 Å². The molecule has 3 heteroatoms. The Bertz CT molecular complexity index is 862. The lowest BCUT2D eigenvalue weighted by molar-refractivity contribution is -0.110. The van der Waals surface area contributed by atoms with Gasteiger partial charge in [0.15, 0.2) is 0 Å². The second kappa shape index (κ2) is 5.04. The monoisotopic (exact) mass is 285 g/mol. The molecule has 0 saturated heterocycles. The molecular weight excluding hydrogens is 272 g/mol. The van der Waals surface area contributed by atoms with Crippen LogP contribution in [0.5, 0.6) is 0 Å². The summed E-state index contributed by atoms with van der Waals surface area (Å²) >= 11 is 0. The molecule has 3 nitrogen and oxygen atoms in total. The molecule has 1 radical (unpaired) electrons. The summed E-state index contributed by atoms with van der Waals surface area (Å²) in [4.78, 5) is 15.3. The van der Waals surface area contributed by atoms with E-state index in [9.17, 15) is 4.79 Å². The Labute approximate surface area is 128 Å². The van der Waals surface area contributed by atoms with Gasteiger partial charge in [-0.2, -0.15) is 0 Å². The molecule has 0 saturated carbocycles. The Morgan fingerprint density at radius 2 is 1.86 bits per heavy atom. The molecule has 2 heterocycles. The molecule has 105 valence electrons. The Kier molecular flexibility index (Phi) is 2.90. The lowest BCUT2D eigenvalue weighted by Crippen LogP contribution is -2.03. The number of carbonyl (C=O) groups excluding carboxylic acids is 1. The molecular formula is C19H13N2O. The van der Waals surface area contributed by atoms with Crippen molar-refractivity contribution in [2.75, 3.05) is 5.32 Å². The maximum atomic E-state index is 12.2. The molecule has 0 bridgehead atoms. The van der Waals surface area contributed by atoms with Gasteiger partial charge in [-0.3, -0.25) is 4.79 Å². The van der Waals surface area contributed by atoms with Gasteiger partial charge in [-0.05, 0) is 41.5 Å². The molecule has 1 amide bonds. The van der Waals surface area contributed by atoms with Gasteiger partial charge in [-0.1, -0.05) is 36.4 Å². The third-order valence-electron chi connectivity index (χ3n) is 3.78. The SMILES string of the molecule is O=C1Nc2cc(-c3cc[c]cc3)ccc2C1=Cc1ccc[nH]1. The molecule has 2 N–H and O–H groups in total. The fourth-order valence-electron chi connectivity index (χ4n) is 2.69. The average molecular weight is 285 g/mol. The van der Waals surface area contributed by atoms with Gasteiger partial charge in [0, 0.05) is 23.1 Å². The topological polar surface area (TPSA) is 44.9 Å². The van der Waals surface area contributed by atoms with Crippen molar-refractivity contribution in [2.45, 2.75) is 0 Å². The number of amides is 1. The lowest BCUT2D eigenvalue weighted by atomic mass is 10.00. The van der Waals surface area contributed by atoms with Crippen molar-refractivity contribution in [1.29, 1.82) is 0 Å². The van der Waals surface area contributed by atoms with Crippen LogP contribution in [0.25, 0.3) is 22.8 Å². The standard InChI is InChI=1S/C19H13N2O/c22-19-17(12-15-7-4-10-20-15)16-9-8-14(11-18(16)21-19)13-5-2-1-3-6-13/h2-12,20H,(H,21,22). The molecule has 1 aliphatic heterocycles. The van der Waals surface area contributed by atoms with Crippen LogP contribution >= 0.6 is 0 Å². The number of nitrogens with one attached hydrogen (secondary N) is 2. The van der Waals surface area contributed by atoms with E-state index in [1.165, 1.54) is 0 Å². The molecule has 3 aromatic rings. The molecule has 0 unspecified atom stereocenters. The van der Waals surface area contributed by atoms with E-state index < -0.39 is 0 Å². The smallest absolute Gasteiger partial charge is 0.256 e. The fraction of sp³-hybridized carbons (Fsp3) is 0. The van der Waals surface area contributed by atoms with E-state index >= 15 is 0 Å². The predicted octanol–water partition coefficient (Wildman–Crippen LogP) is 3.97. The van der Waals surface area contributed by atoms with Crippen LogP contribution in [0, 0.1) is 6.07 Å². The van der Waals surface area contributed by atoms with Gasteiger partial charge < -0.3 is 10.3 Å². The summed E-state index contributed by atoms with van der Waals surface area (Å²) in [5, 5.41) is 2.94. The zero-order valence-electron chi connectivity index (χ0n) is 11.8. The van der Waals surface area contributed by atoms with E-state index in [4.69, 9.17) is 0 Å². The minimum Gasteiger partial charge on any atom is -0.362 e. The normalized spacial score (nSPS) is 14.9. The summed E-state index contributed by atoms with van der Waals surface area (Å²) in [6.07, 6.45) is 3.72. The first-order chi connectivity index (χ1) is 10.8. The van der Waals surface area contributed by atoms with Gasteiger partial charge >= 0.3 is 0 Å². The highest BCUT2D eigenvalue weighted by atomic mass is 16.2. The van der Waals surface area contributed by atoms with Crippen LogP contribution in [0.4, 0.5) is 5.69 Å². The van der Waals surface area contributed by atoms with Crippen molar-refractivity contribution in [3.63, 3.8) is 0 Å². The second-order valence-electron chi connectivity index (χ2n) is 5.19. The van der Waals surface area contributed by atoms with Crippen molar-refractivity contribution in [3.05, 3.63) is 78.1 Å². The van der Waals surface area contributed by atoms with Crippen LogP contribution in [0.2, 0.25) is 0 Å². The summed E-state index contributed by atoms with van der Waals surface area (Å²) in [5.41, 5.74) is 5.58. The molecule has 0 fully saturated rings. The third kappa shape index (κ3) is 2.13. The second-order valence-corrected chi connectivity index (χ2v) is 5.19. The number of benzene rings is 2. The van der Waals surface area contributed by atoms with Gasteiger partial charge in [0.25, 0.3) is 5.91 Å². The fourth-order valence-corrected chi connectivity index (χ4v) is 2.69. The number of aromatic nitrogens is 1.